The first-order chi connectivity index (χ1) is 6.18. The molecule has 76 valence electrons. The van der Waals surface area contributed by atoms with Gasteiger partial charge in [0.2, 0.25) is 5.91 Å². The normalized spacial score (nSPS) is 18.3. The lowest BCUT2D eigenvalue weighted by Gasteiger charge is -2.19. The summed E-state index contributed by atoms with van der Waals surface area (Å²) in [5.41, 5.74) is 5.08. The van der Waals surface area contributed by atoms with Crippen LogP contribution in [0.25, 0.3) is 0 Å². The highest BCUT2D eigenvalue weighted by molar-refractivity contribution is 5.73. The molecule has 0 radical (unpaired) electrons. The van der Waals surface area contributed by atoms with E-state index in [2.05, 4.69) is 11.9 Å². The van der Waals surface area contributed by atoms with Crippen molar-refractivity contribution in [2.24, 2.45) is 11.7 Å². The molecule has 0 bridgehead atoms. The number of nitrogens with two attached hydrogens (primary N) is 1. The van der Waals surface area contributed by atoms with Gasteiger partial charge >= 0.3 is 0 Å². The maximum Gasteiger partial charge on any atom is 0.218 e. The largest absolute Gasteiger partial charge is 0.370 e. The zero-order chi connectivity index (χ0) is 9.68. The Morgan fingerprint density at radius 1 is 1.46 bits per heavy atom. The van der Waals surface area contributed by atoms with Crippen molar-refractivity contribution in [1.82, 2.24) is 4.90 Å². The van der Waals surface area contributed by atoms with Crippen LogP contribution in [0.4, 0.5) is 0 Å². The van der Waals surface area contributed by atoms with E-state index in [1.165, 1.54) is 25.7 Å². The number of carbonyl (C=O) groups is 1. The van der Waals surface area contributed by atoms with Crippen LogP contribution in [0, 0.1) is 5.92 Å². The lowest BCUT2D eigenvalue weighted by molar-refractivity contribution is -0.118. The van der Waals surface area contributed by atoms with Gasteiger partial charge in [-0.2, -0.15) is 0 Å². The number of rotatable bonds is 5. The highest BCUT2D eigenvalue weighted by Gasteiger charge is 2.16. The Bertz CT molecular complexity index is 164. The summed E-state index contributed by atoms with van der Waals surface area (Å²) in [6.07, 6.45) is 5.98. The molecular formula is C10H20N2O. The van der Waals surface area contributed by atoms with Crippen LogP contribution >= 0.6 is 0 Å². The van der Waals surface area contributed by atoms with E-state index in [-0.39, 0.29) is 5.91 Å². The van der Waals surface area contributed by atoms with Crippen molar-refractivity contribution < 1.29 is 4.79 Å². The minimum absolute atomic E-state index is 0.196. The van der Waals surface area contributed by atoms with E-state index in [1.54, 1.807) is 0 Å². The molecule has 0 aromatic rings. The highest BCUT2D eigenvalue weighted by atomic mass is 16.1. The molecule has 0 spiro atoms. The summed E-state index contributed by atoms with van der Waals surface area (Å²) >= 11 is 0. The predicted octanol–water partition coefficient (Wildman–Crippen LogP) is 0.984. The van der Waals surface area contributed by atoms with Crippen LogP contribution in [0.5, 0.6) is 0 Å². The van der Waals surface area contributed by atoms with Crippen molar-refractivity contribution >= 4 is 5.91 Å². The summed E-state index contributed by atoms with van der Waals surface area (Å²) in [6.45, 7) is 1.94. The molecule has 1 aliphatic rings. The van der Waals surface area contributed by atoms with E-state index in [4.69, 9.17) is 5.73 Å². The number of primary amides is 1. The second-order valence-corrected chi connectivity index (χ2v) is 4.13. The average Bonchev–Trinajstić information content (AvgIpc) is 2.53. The van der Waals surface area contributed by atoms with Gasteiger partial charge in [-0.05, 0) is 25.8 Å². The molecule has 0 aliphatic heterocycles. The van der Waals surface area contributed by atoms with Gasteiger partial charge in [0.1, 0.15) is 0 Å². The van der Waals surface area contributed by atoms with Gasteiger partial charge in [-0.25, -0.2) is 0 Å². The Hall–Kier alpha value is -0.570. The van der Waals surface area contributed by atoms with Crippen molar-refractivity contribution in [2.45, 2.75) is 32.1 Å². The molecule has 1 rings (SSSR count). The molecule has 0 aromatic heterocycles. The molecule has 1 fully saturated rings. The summed E-state index contributed by atoms with van der Waals surface area (Å²) in [5, 5.41) is 0. The lowest BCUT2D eigenvalue weighted by Crippen LogP contribution is -2.28. The maximum atomic E-state index is 10.5. The van der Waals surface area contributed by atoms with Crippen LogP contribution in [0.2, 0.25) is 0 Å². The van der Waals surface area contributed by atoms with Crippen LogP contribution in [0.3, 0.4) is 0 Å². The number of hydrogen-bond donors (Lipinski definition) is 1. The van der Waals surface area contributed by atoms with E-state index in [9.17, 15) is 4.79 Å². The quantitative estimate of drug-likeness (QED) is 0.692. The molecule has 1 aliphatic carbocycles. The van der Waals surface area contributed by atoms with Crippen LogP contribution in [-0.2, 0) is 4.79 Å². The molecule has 0 unspecified atom stereocenters. The number of carbonyl (C=O) groups excluding carboxylic acids is 1. The SMILES string of the molecule is CN(CCC(N)=O)CC1CCCC1. The fourth-order valence-electron chi connectivity index (χ4n) is 2.03. The summed E-state index contributed by atoms with van der Waals surface area (Å²) in [4.78, 5) is 12.8. The summed E-state index contributed by atoms with van der Waals surface area (Å²) < 4.78 is 0. The molecule has 3 heteroatoms. The Kier molecular flexibility index (Phi) is 4.22. The van der Waals surface area contributed by atoms with Crippen LogP contribution in [-0.4, -0.2) is 30.9 Å². The number of nitrogens with zero attached hydrogens (tertiary/aromatic N) is 1. The van der Waals surface area contributed by atoms with Crippen molar-refractivity contribution in [3.8, 4) is 0 Å². The second-order valence-electron chi connectivity index (χ2n) is 4.13. The summed E-state index contributed by atoms with van der Waals surface area (Å²) in [7, 11) is 2.07. The predicted molar refractivity (Wildman–Crippen MR) is 53.3 cm³/mol. The summed E-state index contributed by atoms with van der Waals surface area (Å²) in [6, 6.07) is 0. The molecule has 3 nitrogen and oxygen atoms in total. The molecule has 13 heavy (non-hydrogen) atoms. The minimum Gasteiger partial charge on any atom is -0.370 e. The highest BCUT2D eigenvalue weighted by Crippen LogP contribution is 2.24. The van der Waals surface area contributed by atoms with Gasteiger partial charge in [-0.1, -0.05) is 12.8 Å². The van der Waals surface area contributed by atoms with E-state index in [1.807, 2.05) is 0 Å². The van der Waals surface area contributed by atoms with Gasteiger partial charge in [0.25, 0.3) is 0 Å². The smallest absolute Gasteiger partial charge is 0.218 e. The fourth-order valence-corrected chi connectivity index (χ4v) is 2.03. The molecule has 0 heterocycles. The Balaban J connectivity index is 2.09. The van der Waals surface area contributed by atoms with Gasteiger partial charge in [-0.3, -0.25) is 4.79 Å². The number of hydrogen-bond acceptors (Lipinski definition) is 2. The van der Waals surface area contributed by atoms with Gasteiger partial charge in [-0.15, -0.1) is 0 Å². The minimum atomic E-state index is -0.196. The molecule has 0 atom stereocenters. The van der Waals surface area contributed by atoms with Gasteiger partial charge in [0.15, 0.2) is 0 Å². The van der Waals surface area contributed by atoms with Crippen molar-refractivity contribution in [3.05, 3.63) is 0 Å². The topological polar surface area (TPSA) is 46.3 Å². The fraction of sp³-hybridized carbons (Fsp3) is 0.900. The van der Waals surface area contributed by atoms with Gasteiger partial charge in [0, 0.05) is 19.5 Å². The standard InChI is InChI=1S/C10H20N2O/c1-12(7-6-10(11)13)8-9-4-2-3-5-9/h9H,2-8H2,1H3,(H2,11,13). The third-order valence-corrected chi connectivity index (χ3v) is 2.78. The lowest BCUT2D eigenvalue weighted by atomic mass is 10.1. The molecule has 0 saturated heterocycles. The number of amides is 1. The van der Waals surface area contributed by atoms with E-state index in [0.29, 0.717) is 6.42 Å². The molecule has 2 N–H and O–H groups in total. The average molecular weight is 184 g/mol. The summed E-state index contributed by atoms with van der Waals surface area (Å²) in [5.74, 6) is 0.663. The third-order valence-electron chi connectivity index (χ3n) is 2.78. The Labute approximate surface area is 80.3 Å². The molecular weight excluding hydrogens is 164 g/mol. The first-order valence-electron chi connectivity index (χ1n) is 5.15. The Morgan fingerprint density at radius 3 is 2.62 bits per heavy atom. The monoisotopic (exact) mass is 184 g/mol. The van der Waals surface area contributed by atoms with E-state index >= 15 is 0 Å². The zero-order valence-electron chi connectivity index (χ0n) is 8.46. The van der Waals surface area contributed by atoms with Crippen LogP contribution < -0.4 is 5.73 Å². The second kappa shape index (κ2) is 5.22. The first kappa shape index (κ1) is 10.5. The van der Waals surface area contributed by atoms with Crippen molar-refractivity contribution in [3.63, 3.8) is 0 Å². The van der Waals surface area contributed by atoms with E-state index in [0.717, 1.165) is 19.0 Å². The van der Waals surface area contributed by atoms with Crippen molar-refractivity contribution in [1.29, 1.82) is 0 Å². The van der Waals surface area contributed by atoms with Gasteiger partial charge < -0.3 is 10.6 Å². The van der Waals surface area contributed by atoms with Gasteiger partial charge in [0.05, 0.1) is 0 Å². The molecule has 1 amide bonds. The third kappa shape index (κ3) is 4.27. The van der Waals surface area contributed by atoms with Crippen molar-refractivity contribution in [2.75, 3.05) is 20.1 Å². The Morgan fingerprint density at radius 2 is 2.08 bits per heavy atom. The molecule has 1 saturated carbocycles. The van der Waals surface area contributed by atoms with Crippen LogP contribution in [0.1, 0.15) is 32.1 Å². The first-order valence-corrected chi connectivity index (χ1v) is 5.15. The van der Waals surface area contributed by atoms with E-state index < -0.39 is 0 Å². The molecule has 0 aromatic carbocycles. The zero-order valence-corrected chi connectivity index (χ0v) is 8.46. The van der Waals surface area contributed by atoms with Crippen LogP contribution in [0.15, 0.2) is 0 Å². The maximum absolute atomic E-state index is 10.5.